The molecule has 0 spiro atoms. The van der Waals surface area contributed by atoms with Gasteiger partial charge in [0.15, 0.2) is 11.8 Å². The number of nitrogens with one attached hydrogen (secondary N) is 2. The maximum absolute atomic E-state index is 4.71. The molecule has 2 heterocycles. The minimum absolute atomic E-state index is 0. The third-order valence-electron chi connectivity index (χ3n) is 5.30. The van der Waals surface area contributed by atoms with Crippen LogP contribution in [0.3, 0.4) is 0 Å². The first-order valence-corrected chi connectivity index (χ1v) is 10.3. The summed E-state index contributed by atoms with van der Waals surface area (Å²) in [5.74, 6) is 2.68. The number of hydrogen-bond donors (Lipinski definition) is 2. The van der Waals surface area contributed by atoms with Gasteiger partial charge in [0.1, 0.15) is 12.4 Å². The number of aliphatic imine (C=N–C) groups is 1. The molecule has 2 N–H and O–H groups in total. The fraction of sp³-hybridized carbons (Fsp3) is 0.842. The van der Waals surface area contributed by atoms with Gasteiger partial charge in [-0.3, -0.25) is 4.90 Å². The molecule has 0 radical (unpaired) electrons. The number of likely N-dealkylation sites (tertiary alicyclic amines) is 1. The van der Waals surface area contributed by atoms with E-state index >= 15 is 0 Å². The zero-order valence-electron chi connectivity index (χ0n) is 17.5. The zero-order valence-corrected chi connectivity index (χ0v) is 19.8. The second kappa shape index (κ2) is 13.3. The third-order valence-corrected chi connectivity index (χ3v) is 5.30. The SMILES string of the molecule is CCCCNC(=NCc1nnc(C)n1C)NCCN1CCCCC1CC.I. The van der Waals surface area contributed by atoms with Gasteiger partial charge in [-0.1, -0.05) is 26.7 Å². The molecule has 0 amide bonds. The topological polar surface area (TPSA) is 70.4 Å². The fourth-order valence-corrected chi connectivity index (χ4v) is 3.43. The lowest BCUT2D eigenvalue weighted by Crippen LogP contribution is -2.46. The van der Waals surface area contributed by atoms with Gasteiger partial charge < -0.3 is 15.2 Å². The van der Waals surface area contributed by atoms with Crippen LogP contribution in [-0.2, 0) is 13.6 Å². The van der Waals surface area contributed by atoms with Gasteiger partial charge in [-0.05, 0) is 39.2 Å². The average molecular weight is 491 g/mol. The lowest BCUT2D eigenvalue weighted by Gasteiger charge is -2.35. The molecule has 0 aromatic carbocycles. The highest BCUT2D eigenvalue weighted by atomic mass is 127. The number of piperidine rings is 1. The fourth-order valence-electron chi connectivity index (χ4n) is 3.43. The molecule has 7 nitrogen and oxygen atoms in total. The van der Waals surface area contributed by atoms with Gasteiger partial charge in [0.25, 0.3) is 0 Å². The normalized spacial score (nSPS) is 18.2. The van der Waals surface area contributed by atoms with Crippen LogP contribution in [0.1, 0.15) is 64.0 Å². The molecule has 27 heavy (non-hydrogen) atoms. The number of guanidine groups is 1. The first kappa shape index (κ1) is 24.1. The number of unbranched alkanes of at least 4 members (excludes halogenated alkanes) is 1. The van der Waals surface area contributed by atoms with Crippen molar-refractivity contribution in [1.82, 2.24) is 30.3 Å². The molecule has 156 valence electrons. The highest BCUT2D eigenvalue weighted by Crippen LogP contribution is 2.18. The predicted molar refractivity (Wildman–Crippen MR) is 123 cm³/mol. The van der Waals surface area contributed by atoms with Gasteiger partial charge in [-0.15, -0.1) is 34.2 Å². The zero-order chi connectivity index (χ0) is 18.8. The molecule has 0 bridgehead atoms. The van der Waals surface area contributed by atoms with Crippen molar-refractivity contribution in [3.05, 3.63) is 11.6 Å². The Hall–Kier alpha value is -0.900. The summed E-state index contributed by atoms with van der Waals surface area (Å²) in [5, 5.41) is 15.3. The van der Waals surface area contributed by atoms with Crippen LogP contribution >= 0.6 is 24.0 Å². The number of aromatic nitrogens is 3. The molecule has 1 saturated heterocycles. The summed E-state index contributed by atoms with van der Waals surface area (Å²) in [4.78, 5) is 7.35. The van der Waals surface area contributed by atoms with Crippen molar-refractivity contribution in [3.8, 4) is 0 Å². The van der Waals surface area contributed by atoms with E-state index < -0.39 is 0 Å². The quantitative estimate of drug-likeness (QED) is 0.241. The highest BCUT2D eigenvalue weighted by Gasteiger charge is 2.20. The van der Waals surface area contributed by atoms with Crippen LogP contribution in [-0.4, -0.2) is 57.8 Å². The van der Waals surface area contributed by atoms with Crippen LogP contribution in [0.5, 0.6) is 0 Å². The van der Waals surface area contributed by atoms with Crippen LogP contribution in [0.4, 0.5) is 0 Å². The maximum Gasteiger partial charge on any atom is 0.191 e. The van der Waals surface area contributed by atoms with E-state index in [0.29, 0.717) is 6.54 Å². The van der Waals surface area contributed by atoms with Crippen molar-refractivity contribution in [1.29, 1.82) is 0 Å². The predicted octanol–water partition coefficient (Wildman–Crippen LogP) is 2.84. The standard InChI is InChI=1S/C19H37N7.HI/c1-5-7-11-20-19(22-15-18-24-23-16(3)25(18)4)21-12-14-26-13-9-8-10-17(26)6-2;/h17H,5-15H2,1-4H3,(H2,20,21,22);1H. The maximum atomic E-state index is 4.71. The summed E-state index contributed by atoms with van der Waals surface area (Å²) < 4.78 is 1.99. The van der Waals surface area contributed by atoms with E-state index in [1.165, 1.54) is 38.6 Å². The van der Waals surface area contributed by atoms with E-state index in [1.807, 2.05) is 18.5 Å². The summed E-state index contributed by atoms with van der Waals surface area (Å²) >= 11 is 0. The Morgan fingerprint density at radius 1 is 1.19 bits per heavy atom. The van der Waals surface area contributed by atoms with E-state index in [9.17, 15) is 0 Å². The first-order valence-electron chi connectivity index (χ1n) is 10.3. The molecule has 1 unspecified atom stereocenters. The van der Waals surface area contributed by atoms with Crippen molar-refractivity contribution in [2.45, 2.75) is 71.9 Å². The molecule has 1 aromatic heterocycles. The molecule has 2 rings (SSSR count). The first-order chi connectivity index (χ1) is 12.7. The summed E-state index contributed by atoms with van der Waals surface area (Å²) in [5.41, 5.74) is 0. The van der Waals surface area contributed by atoms with Crippen LogP contribution in [0.15, 0.2) is 4.99 Å². The van der Waals surface area contributed by atoms with Crippen LogP contribution in [0.2, 0.25) is 0 Å². The summed E-state index contributed by atoms with van der Waals surface area (Å²) in [7, 11) is 1.99. The lowest BCUT2D eigenvalue weighted by molar-refractivity contribution is 0.147. The molecule has 1 atom stereocenters. The molecule has 1 aromatic rings. The van der Waals surface area contributed by atoms with Gasteiger partial charge >= 0.3 is 0 Å². The Morgan fingerprint density at radius 2 is 1.96 bits per heavy atom. The molecular formula is C19H38IN7. The largest absolute Gasteiger partial charge is 0.356 e. The van der Waals surface area contributed by atoms with E-state index in [4.69, 9.17) is 4.99 Å². The van der Waals surface area contributed by atoms with Gasteiger partial charge in [-0.25, -0.2) is 4.99 Å². The highest BCUT2D eigenvalue weighted by molar-refractivity contribution is 14.0. The minimum atomic E-state index is 0. The Morgan fingerprint density at radius 3 is 2.63 bits per heavy atom. The van der Waals surface area contributed by atoms with Crippen molar-refractivity contribution in [2.24, 2.45) is 12.0 Å². The number of aryl methyl sites for hydroxylation is 1. The van der Waals surface area contributed by atoms with E-state index in [1.54, 1.807) is 0 Å². The number of rotatable bonds is 9. The second-order valence-electron chi connectivity index (χ2n) is 7.19. The molecule has 8 heteroatoms. The summed E-state index contributed by atoms with van der Waals surface area (Å²) in [6.45, 7) is 11.2. The lowest BCUT2D eigenvalue weighted by atomic mass is 10.0. The Bertz CT molecular complexity index is 558. The van der Waals surface area contributed by atoms with Gasteiger partial charge in [0, 0.05) is 32.7 Å². The molecule has 0 aliphatic carbocycles. The van der Waals surface area contributed by atoms with E-state index in [2.05, 4.69) is 39.6 Å². The van der Waals surface area contributed by atoms with Crippen molar-refractivity contribution < 1.29 is 0 Å². The Labute approximate surface area is 181 Å². The smallest absolute Gasteiger partial charge is 0.191 e. The van der Waals surface area contributed by atoms with Crippen LogP contribution in [0, 0.1) is 6.92 Å². The molecule has 1 aliphatic heterocycles. The summed E-state index contributed by atoms with van der Waals surface area (Å²) in [6, 6.07) is 0.751. The third kappa shape index (κ3) is 7.93. The molecular weight excluding hydrogens is 453 g/mol. The number of halogens is 1. The molecule has 1 aliphatic rings. The van der Waals surface area contributed by atoms with Gasteiger partial charge in [0.05, 0.1) is 0 Å². The van der Waals surface area contributed by atoms with Crippen molar-refractivity contribution >= 4 is 29.9 Å². The monoisotopic (exact) mass is 491 g/mol. The van der Waals surface area contributed by atoms with Crippen molar-refractivity contribution in [3.63, 3.8) is 0 Å². The second-order valence-corrected chi connectivity index (χ2v) is 7.19. The Kier molecular flexibility index (Phi) is 11.9. The minimum Gasteiger partial charge on any atom is -0.356 e. The van der Waals surface area contributed by atoms with Gasteiger partial charge in [0.2, 0.25) is 0 Å². The van der Waals surface area contributed by atoms with Crippen LogP contribution in [0.25, 0.3) is 0 Å². The van der Waals surface area contributed by atoms with Crippen LogP contribution < -0.4 is 10.6 Å². The summed E-state index contributed by atoms with van der Waals surface area (Å²) in [6.07, 6.45) is 7.63. The van der Waals surface area contributed by atoms with E-state index in [-0.39, 0.29) is 24.0 Å². The van der Waals surface area contributed by atoms with E-state index in [0.717, 1.165) is 49.7 Å². The number of hydrogen-bond acceptors (Lipinski definition) is 4. The van der Waals surface area contributed by atoms with Gasteiger partial charge in [-0.2, -0.15) is 0 Å². The number of nitrogens with zero attached hydrogens (tertiary/aromatic N) is 5. The van der Waals surface area contributed by atoms with Crippen molar-refractivity contribution in [2.75, 3.05) is 26.2 Å². The molecule has 1 fully saturated rings. The average Bonchev–Trinajstić information content (AvgIpc) is 2.98. The Balaban J connectivity index is 0.00000364. The molecule has 0 saturated carbocycles.